The lowest BCUT2D eigenvalue weighted by Crippen LogP contribution is -2.12. The number of aromatic nitrogens is 1. The summed E-state index contributed by atoms with van der Waals surface area (Å²) in [6, 6.07) is 11.8. The first kappa shape index (κ1) is 12.6. The van der Waals surface area contributed by atoms with E-state index < -0.39 is 5.91 Å². The van der Waals surface area contributed by atoms with Gasteiger partial charge in [-0.05, 0) is 29.1 Å². The van der Waals surface area contributed by atoms with Crippen molar-refractivity contribution in [2.75, 3.05) is 5.32 Å². The van der Waals surface area contributed by atoms with Gasteiger partial charge in [-0.15, -0.1) is 11.3 Å². The number of carbonyl (C=O) groups is 1. The van der Waals surface area contributed by atoms with E-state index in [0.717, 1.165) is 22.2 Å². The molecule has 0 unspecified atom stereocenters. The molecule has 20 heavy (non-hydrogen) atoms. The van der Waals surface area contributed by atoms with Gasteiger partial charge in [0.15, 0.2) is 0 Å². The van der Waals surface area contributed by atoms with Crippen molar-refractivity contribution in [1.29, 1.82) is 0 Å². The number of nitrogens with two attached hydrogens (primary N) is 1. The van der Waals surface area contributed by atoms with Crippen LogP contribution < -0.4 is 11.1 Å². The number of benzene rings is 1. The van der Waals surface area contributed by atoms with Gasteiger partial charge < -0.3 is 11.1 Å². The minimum atomic E-state index is -0.401. The molecule has 3 aromatic rings. The molecule has 3 N–H and O–H groups in total. The number of thiophene rings is 1. The summed E-state index contributed by atoms with van der Waals surface area (Å²) in [5, 5.41) is 6.23. The van der Waals surface area contributed by atoms with Crippen LogP contribution in [0.15, 0.2) is 48.0 Å². The van der Waals surface area contributed by atoms with E-state index in [-0.39, 0.29) is 0 Å². The van der Waals surface area contributed by atoms with E-state index in [1.54, 1.807) is 6.20 Å². The minimum absolute atomic E-state index is 0.401. The first-order valence-corrected chi connectivity index (χ1v) is 7.07. The van der Waals surface area contributed by atoms with Crippen molar-refractivity contribution in [3.63, 3.8) is 0 Å². The second kappa shape index (κ2) is 5.30. The van der Waals surface area contributed by atoms with Gasteiger partial charge in [0, 0.05) is 18.1 Å². The van der Waals surface area contributed by atoms with E-state index in [2.05, 4.69) is 10.3 Å². The van der Waals surface area contributed by atoms with Crippen LogP contribution in [0.3, 0.4) is 0 Å². The molecule has 1 amide bonds. The molecule has 1 aromatic carbocycles. The highest BCUT2D eigenvalue weighted by Crippen LogP contribution is 2.23. The Kier molecular flexibility index (Phi) is 3.35. The zero-order chi connectivity index (χ0) is 13.9. The van der Waals surface area contributed by atoms with Crippen molar-refractivity contribution in [2.45, 2.75) is 6.54 Å². The van der Waals surface area contributed by atoms with Crippen molar-refractivity contribution in [3.8, 4) is 0 Å². The average molecular weight is 283 g/mol. The first-order valence-electron chi connectivity index (χ1n) is 6.19. The van der Waals surface area contributed by atoms with Crippen LogP contribution in [0.1, 0.15) is 15.2 Å². The maximum atomic E-state index is 11.3. The quantitative estimate of drug-likeness (QED) is 0.773. The number of pyridine rings is 1. The maximum Gasteiger partial charge on any atom is 0.260 e. The predicted molar refractivity (Wildman–Crippen MR) is 81.9 cm³/mol. The molecule has 100 valence electrons. The molecule has 0 aliphatic heterocycles. The van der Waals surface area contributed by atoms with Crippen molar-refractivity contribution in [2.24, 2.45) is 5.73 Å². The molecule has 0 saturated heterocycles. The molecule has 0 fully saturated rings. The third-order valence-corrected chi connectivity index (χ3v) is 4.03. The number of para-hydroxylation sites is 1. The zero-order valence-corrected chi connectivity index (χ0v) is 11.5. The molecule has 2 heterocycles. The monoisotopic (exact) mass is 283 g/mol. The minimum Gasteiger partial charge on any atom is -0.380 e. The Balaban J connectivity index is 1.87. The average Bonchev–Trinajstić information content (AvgIpc) is 2.93. The van der Waals surface area contributed by atoms with Crippen LogP contribution in [0, 0.1) is 0 Å². The molecule has 3 rings (SSSR count). The van der Waals surface area contributed by atoms with Crippen molar-refractivity contribution >= 4 is 33.8 Å². The third kappa shape index (κ3) is 2.35. The highest BCUT2D eigenvalue weighted by Gasteiger charge is 2.09. The normalized spacial score (nSPS) is 10.6. The summed E-state index contributed by atoms with van der Waals surface area (Å²) in [5.74, 6) is -0.401. The highest BCUT2D eigenvalue weighted by atomic mass is 32.1. The number of primary amides is 1. The smallest absolute Gasteiger partial charge is 0.260 e. The summed E-state index contributed by atoms with van der Waals surface area (Å²) in [6.07, 6.45) is 1.79. The summed E-state index contributed by atoms with van der Waals surface area (Å²) in [5.41, 5.74) is 8.22. The second-order valence-electron chi connectivity index (χ2n) is 4.37. The van der Waals surface area contributed by atoms with E-state index in [4.69, 9.17) is 5.73 Å². The molecule has 4 nitrogen and oxygen atoms in total. The van der Waals surface area contributed by atoms with Crippen LogP contribution in [0.2, 0.25) is 0 Å². The fourth-order valence-electron chi connectivity index (χ4n) is 2.14. The van der Waals surface area contributed by atoms with Crippen molar-refractivity contribution in [1.82, 2.24) is 4.98 Å². The summed E-state index contributed by atoms with van der Waals surface area (Å²) in [6.45, 7) is 0.625. The third-order valence-electron chi connectivity index (χ3n) is 3.10. The number of hydrogen-bond acceptors (Lipinski definition) is 4. The van der Waals surface area contributed by atoms with Crippen LogP contribution in [0.4, 0.5) is 5.69 Å². The number of carbonyl (C=O) groups excluding carboxylic acids is 1. The van der Waals surface area contributed by atoms with E-state index in [1.807, 2.05) is 41.8 Å². The number of fused-ring (bicyclic) bond motifs is 1. The summed E-state index contributed by atoms with van der Waals surface area (Å²) < 4.78 is 0. The fourth-order valence-corrected chi connectivity index (χ4v) is 2.86. The number of hydrogen-bond donors (Lipinski definition) is 2. The predicted octanol–water partition coefficient (Wildman–Crippen LogP) is 3.01. The van der Waals surface area contributed by atoms with Gasteiger partial charge in [0.1, 0.15) is 4.88 Å². The van der Waals surface area contributed by atoms with Crippen LogP contribution in [0.25, 0.3) is 10.9 Å². The Labute approximate surface area is 120 Å². The molecule has 0 atom stereocenters. The van der Waals surface area contributed by atoms with E-state index in [9.17, 15) is 4.79 Å². The molecule has 0 saturated carbocycles. The first-order chi connectivity index (χ1) is 9.75. The van der Waals surface area contributed by atoms with Gasteiger partial charge in [-0.3, -0.25) is 9.78 Å². The Morgan fingerprint density at radius 1 is 1.25 bits per heavy atom. The van der Waals surface area contributed by atoms with Gasteiger partial charge in [0.2, 0.25) is 0 Å². The lowest BCUT2D eigenvalue weighted by Gasteiger charge is -2.08. The van der Waals surface area contributed by atoms with Gasteiger partial charge in [-0.1, -0.05) is 18.2 Å². The van der Waals surface area contributed by atoms with Gasteiger partial charge in [0.05, 0.1) is 11.2 Å². The van der Waals surface area contributed by atoms with Gasteiger partial charge >= 0.3 is 0 Å². The molecular formula is C15H13N3OS. The molecule has 0 bridgehead atoms. The fraction of sp³-hybridized carbons (Fsp3) is 0.0667. The van der Waals surface area contributed by atoms with Crippen LogP contribution in [-0.4, -0.2) is 10.9 Å². The number of rotatable bonds is 4. The molecular weight excluding hydrogens is 270 g/mol. The van der Waals surface area contributed by atoms with Gasteiger partial charge in [-0.25, -0.2) is 0 Å². The summed E-state index contributed by atoms with van der Waals surface area (Å²) in [4.78, 5) is 16.2. The standard InChI is InChI=1S/C15H13N3OS/c16-15(19)14-13(6-8-20-14)18-9-10-5-7-17-12-4-2-1-3-11(10)12/h1-8,18H,9H2,(H2,16,19). The van der Waals surface area contributed by atoms with Gasteiger partial charge in [-0.2, -0.15) is 0 Å². The molecule has 0 aliphatic carbocycles. The lowest BCUT2D eigenvalue weighted by molar-refractivity contribution is 0.100. The zero-order valence-electron chi connectivity index (χ0n) is 10.7. The van der Waals surface area contributed by atoms with Gasteiger partial charge in [0.25, 0.3) is 5.91 Å². The molecule has 5 heteroatoms. The number of nitrogens with one attached hydrogen (secondary N) is 1. The Bertz CT molecular complexity index is 761. The van der Waals surface area contributed by atoms with Crippen molar-refractivity contribution < 1.29 is 4.79 Å². The van der Waals surface area contributed by atoms with Crippen molar-refractivity contribution in [3.05, 3.63) is 58.4 Å². The second-order valence-corrected chi connectivity index (χ2v) is 5.28. The number of amides is 1. The van der Waals surface area contributed by atoms with Crippen LogP contribution >= 0.6 is 11.3 Å². The Morgan fingerprint density at radius 3 is 2.95 bits per heavy atom. The molecule has 0 spiro atoms. The molecule has 0 aliphatic rings. The SMILES string of the molecule is NC(=O)c1sccc1NCc1ccnc2ccccc12. The lowest BCUT2D eigenvalue weighted by atomic mass is 10.1. The van der Waals surface area contributed by atoms with E-state index in [1.165, 1.54) is 11.3 Å². The Morgan fingerprint density at radius 2 is 2.10 bits per heavy atom. The maximum absolute atomic E-state index is 11.3. The number of nitrogens with zero attached hydrogens (tertiary/aromatic N) is 1. The number of anilines is 1. The molecule has 2 aromatic heterocycles. The highest BCUT2D eigenvalue weighted by molar-refractivity contribution is 7.12. The summed E-state index contributed by atoms with van der Waals surface area (Å²) in [7, 11) is 0. The Hall–Kier alpha value is -2.40. The van der Waals surface area contributed by atoms with E-state index >= 15 is 0 Å². The summed E-state index contributed by atoms with van der Waals surface area (Å²) >= 11 is 1.35. The van der Waals surface area contributed by atoms with Crippen LogP contribution in [-0.2, 0) is 6.54 Å². The molecule has 0 radical (unpaired) electrons. The van der Waals surface area contributed by atoms with Crippen LogP contribution in [0.5, 0.6) is 0 Å². The largest absolute Gasteiger partial charge is 0.380 e. The van der Waals surface area contributed by atoms with E-state index in [0.29, 0.717) is 11.4 Å². The topological polar surface area (TPSA) is 68.0 Å².